The number of rotatable bonds is 1. The summed E-state index contributed by atoms with van der Waals surface area (Å²) in [5, 5.41) is 3.31. The van der Waals surface area contributed by atoms with E-state index in [9.17, 15) is 9.18 Å². The molecule has 1 aromatic carbocycles. The Morgan fingerprint density at radius 1 is 1.17 bits per heavy atom. The Morgan fingerprint density at radius 2 is 1.92 bits per heavy atom. The summed E-state index contributed by atoms with van der Waals surface area (Å²) in [6.45, 7) is 0.778. The molecule has 2 amide bonds. The zero-order valence-electron chi connectivity index (χ0n) is 14.0. The maximum Gasteiger partial charge on any atom is 0.322 e. The molecule has 5 aliphatic rings. The highest BCUT2D eigenvalue weighted by atomic mass is 19.1. The van der Waals surface area contributed by atoms with Crippen LogP contribution in [0.5, 0.6) is 0 Å². The molecule has 0 radical (unpaired) electrons. The van der Waals surface area contributed by atoms with Gasteiger partial charge in [-0.1, -0.05) is 18.2 Å². The third-order valence-corrected chi connectivity index (χ3v) is 6.84. The molecule has 2 atom stereocenters. The third kappa shape index (κ3) is 2.26. The highest BCUT2D eigenvalue weighted by molar-refractivity contribution is 5.93. The van der Waals surface area contributed by atoms with Gasteiger partial charge in [0.25, 0.3) is 0 Å². The minimum Gasteiger partial charge on any atom is -0.334 e. The van der Waals surface area contributed by atoms with Gasteiger partial charge in [-0.25, -0.2) is 9.18 Å². The highest BCUT2D eigenvalue weighted by Crippen LogP contribution is 2.57. The minimum absolute atomic E-state index is 0.0209. The van der Waals surface area contributed by atoms with Gasteiger partial charge in [0.05, 0.1) is 0 Å². The molecule has 4 saturated carbocycles. The van der Waals surface area contributed by atoms with Crippen LogP contribution in [0.15, 0.2) is 24.3 Å². The fourth-order valence-electron chi connectivity index (χ4n) is 6.13. The van der Waals surface area contributed by atoms with Crippen LogP contribution >= 0.6 is 0 Å². The number of halogens is 1. The average Bonchev–Trinajstić information content (AvgIpc) is 2.56. The Hall–Kier alpha value is -1.58. The van der Waals surface area contributed by atoms with Crippen LogP contribution in [0, 0.1) is 17.8 Å². The maximum atomic E-state index is 14.8. The summed E-state index contributed by atoms with van der Waals surface area (Å²) in [4.78, 5) is 14.9. The summed E-state index contributed by atoms with van der Waals surface area (Å²) in [7, 11) is 0. The number of hydrogen-bond donors (Lipinski definition) is 1. The van der Waals surface area contributed by atoms with E-state index < -0.39 is 5.67 Å². The van der Waals surface area contributed by atoms with E-state index in [1.165, 1.54) is 5.56 Å². The van der Waals surface area contributed by atoms with Gasteiger partial charge in [-0.2, -0.15) is 0 Å². The lowest BCUT2D eigenvalue weighted by Gasteiger charge is -2.57. The van der Waals surface area contributed by atoms with Crippen LogP contribution in [0.2, 0.25) is 0 Å². The number of fused-ring (bicyclic) bond motifs is 1. The van der Waals surface area contributed by atoms with Gasteiger partial charge in [-0.05, 0) is 74.3 Å². The fourth-order valence-corrected chi connectivity index (χ4v) is 6.13. The van der Waals surface area contributed by atoms with Gasteiger partial charge >= 0.3 is 6.03 Å². The largest absolute Gasteiger partial charge is 0.334 e. The molecular weight excluding hydrogens is 303 g/mol. The molecule has 0 aromatic heterocycles. The van der Waals surface area contributed by atoms with Crippen LogP contribution in [0.4, 0.5) is 14.9 Å². The third-order valence-electron chi connectivity index (χ3n) is 6.84. The molecule has 1 heterocycles. The van der Waals surface area contributed by atoms with E-state index >= 15 is 0 Å². The van der Waals surface area contributed by atoms with Crippen molar-refractivity contribution in [3.8, 4) is 0 Å². The van der Waals surface area contributed by atoms with Crippen molar-refractivity contribution in [1.82, 2.24) is 5.32 Å². The van der Waals surface area contributed by atoms with Crippen LogP contribution in [0.25, 0.3) is 0 Å². The van der Waals surface area contributed by atoms with Crippen LogP contribution in [0.1, 0.15) is 44.1 Å². The van der Waals surface area contributed by atoms with E-state index in [1.54, 1.807) is 0 Å². The minimum atomic E-state index is -0.935. The van der Waals surface area contributed by atoms with Gasteiger partial charge in [0, 0.05) is 18.3 Å². The Labute approximate surface area is 142 Å². The quantitative estimate of drug-likeness (QED) is 0.828. The topological polar surface area (TPSA) is 32.3 Å². The summed E-state index contributed by atoms with van der Waals surface area (Å²) in [5.74, 6) is 1.23. The van der Waals surface area contributed by atoms with Crippen LogP contribution in [0.3, 0.4) is 0 Å². The van der Waals surface area contributed by atoms with Crippen molar-refractivity contribution in [1.29, 1.82) is 0 Å². The van der Waals surface area contributed by atoms with Crippen molar-refractivity contribution in [3.63, 3.8) is 0 Å². The number of para-hydroxylation sites is 1. The van der Waals surface area contributed by atoms with E-state index in [1.807, 2.05) is 23.1 Å². The van der Waals surface area contributed by atoms with E-state index in [0.717, 1.165) is 44.3 Å². The molecular formula is C20H25FN2O. The van der Waals surface area contributed by atoms with E-state index in [-0.39, 0.29) is 12.1 Å². The molecule has 2 unspecified atom stereocenters. The Morgan fingerprint density at radius 3 is 2.67 bits per heavy atom. The number of anilines is 1. The van der Waals surface area contributed by atoms with Gasteiger partial charge in [0.15, 0.2) is 0 Å². The number of aryl methyl sites for hydroxylation is 1. The van der Waals surface area contributed by atoms with Crippen molar-refractivity contribution in [2.45, 2.75) is 56.7 Å². The zero-order valence-corrected chi connectivity index (χ0v) is 14.0. The first-order valence-electron chi connectivity index (χ1n) is 9.46. The molecule has 0 spiro atoms. The number of carbonyl (C=O) groups excluding carboxylic acids is 1. The first-order valence-corrected chi connectivity index (χ1v) is 9.46. The highest BCUT2D eigenvalue weighted by Gasteiger charge is 2.56. The average molecular weight is 328 g/mol. The predicted octanol–water partition coefficient (Wildman–Crippen LogP) is 4.07. The van der Waals surface area contributed by atoms with Crippen LogP contribution in [-0.2, 0) is 6.42 Å². The van der Waals surface area contributed by atoms with E-state index in [0.29, 0.717) is 30.6 Å². The summed E-state index contributed by atoms with van der Waals surface area (Å²) in [6, 6.07) is 8.39. The number of alkyl halides is 1. The maximum absolute atomic E-state index is 14.8. The molecule has 4 bridgehead atoms. The number of carbonyl (C=O) groups is 1. The van der Waals surface area contributed by atoms with Crippen molar-refractivity contribution in [2.24, 2.45) is 17.8 Å². The summed E-state index contributed by atoms with van der Waals surface area (Å²) < 4.78 is 14.8. The smallest absolute Gasteiger partial charge is 0.322 e. The lowest BCUT2D eigenvalue weighted by atomic mass is 9.53. The van der Waals surface area contributed by atoms with Gasteiger partial charge in [-0.3, -0.25) is 4.90 Å². The summed E-state index contributed by atoms with van der Waals surface area (Å²) >= 11 is 0. The van der Waals surface area contributed by atoms with E-state index in [4.69, 9.17) is 0 Å². The molecule has 1 N–H and O–H groups in total. The van der Waals surface area contributed by atoms with Gasteiger partial charge in [-0.15, -0.1) is 0 Å². The molecule has 128 valence electrons. The standard InChI is InChI=1S/C20H25FN2O/c21-20-10-13-8-15(11-20)18(16(9-13)12-20)22-19(24)23-7-3-5-14-4-1-2-6-17(14)23/h1-2,4,6,13,15-16,18H,3,5,7-12H2,(H,22,24). The van der Waals surface area contributed by atoms with Gasteiger partial charge in [0.1, 0.15) is 5.67 Å². The van der Waals surface area contributed by atoms with Gasteiger partial charge < -0.3 is 5.32 Å². The number of amides is 2. The lowest BCUT2D eigenvalue weighted by molar-refractivity contribution is -0.0899. The number of nitrogens with one attached hydrogen (secondary N) is 1. The summed E-state index contributed by atoms with van der Waals surface area (Å²) in [6.07, 6.45) is 6.33. The monoisotopic (exact) mass is 328 g/mol. The molecule has 3 nitrogen and oxygen atoms in total. The molecule has 4 heteroatoms. The number of hydrogen-bond acceptors (Lipinski definition) is 1. The number of benzene rings is 1. The second-order valence-electron chi connectivity index (χ2n) is 8.48. The predicted molar refractivity (Wildman–Crippen MR) is 91.8 cm³/mol. The molecule has 4 fully saturated rings. The number of urea groups is 1. The zero-order chi connectivity index (χ0) is 16.3. The Bertz CT molecular complexity index is 659. The molecule has 4 aliphatic carbocycles. The van der Waals surface area contributed by atoms with Crippen molar-refractivity contribution in [3.05, 3.63) is 29.8 Å². The van der Waals surface area contributed by atoms with Gasteiger partial charge in [0.2, 0.25) is 0 Å². The fraction of sp³-hybridized carbons (Fsp3) is 0.650. The Balaban J connectivity index is 1.35. The first-order chi connectivity index (χ1) is 11.6. The van der Waals surface area contributed by atoms with Crippen molar-refractivity contribution in [2.75, 3.05) is 11.4 Å². The second kappa shape index (κ2) is 5.21. The molecule has 6 rings (SSSR count). The van der Waals surface area contributed by atoms with Crippen molar-refractivity contribution < 1.29 is 9.18 Å². The lowest BCUT2D eigenvalue weighted by Crippen LogP contribution is -2.62. The molecule has 0 saturated heterocycles. The molecule has 1 aliphatic heterocycles. The molecule has 24 heavy (non-hydrogen) atoms. The number of nitrogens with zero attached hydrogens (tertiary/aromatic N) is 1. The van der Waals surface area contributed by atoms with Crippen molar-refractivity contribution >= 4 is 11.7 Å². The second-order valence-corrected chi connectivity index (χ2v) is 8.48. The summed E-state index contributed by atoms with van der Waals surface area (Å²) in [5.41, 5.74) is 1.37. The van der Waals surface area contributed by atoms with Crippen LogP contribution in [-0.4, -0.2) is 24.3 Å². The Kier molecular flexibility index (Phi) is 3.20. The van der Waals surface area contributed by atoms with E-state index in [2.05, 4.69) is 11.4 Å². The van der Waals surface area contributed by atoms with Crippen LogP contribution < -0.4 is 10.2 Å². The normalized spacial score (nSPS) is 39.6. The SMILES string of the molecule is O=C(NC1C2CC3CC1CC(F)(C3)C2)N1CCCc2ccccc21. The first kappa shape index (κ1) is 14.7. The molecule has 1 aromatic rings.